The third kappa shape index (κ3) is 21.7. The van der Waals surface area contributed by atoms with Gasteiger partial charge >= 0.3 is 0 Å². The Morgan fingerprint density at radius 1 is 0.333 bits per heavy atom. The van der Waals surface area contributed by atoms with Gasteiger partial charge in [-0.25, -0.2) is 0 Å². The van der Waals surface area contributed by atoms with Crippen LogP contribution < -0.4 is 0 Å². The lowest BCUT2D eigenvalue weighted by Gasteiger charge is -2.01. The molecule has 0 aromatic heterocycles. The summed E-state index contributed by atoms with van der Waals surface area (Å²) in [5, 5.41) is 0. The van der Waals surface area contributed by atoms with Crippen molar-refractivity contribution in [2.24, 2.45) is 0 Å². The molecule has 0 aliphatic carbocycles. The fourth-order valence-electron chi connectivity index (χ4n) is 3.23. The van der Waals surface area contributed by atoms with E-state index < -0.39 is 0 Å². The van der Waals surface area contributed by atoms with Crippen LogP contribution in [0.3, 0.4) is 0 Å². The lowest BCUT2D eigenvalue weighted by molar-refractivity contribution is 0.553. The van der Waals surface area contributed by atoms with Crippen molar-refractivity contribution in [1.29, 1.82) is 0 Å². The molecule has 0 bridgehead atoms. The van der Waals surface area contributed by atoms with Crippen LogP contribution in [-0.4, -0.2) is 0 Å². The van der Waals surface area contributed by atoms with E-state index in [1.165, 1.54) is 116 Å². The van der Waals surface area contributed by atoms with Crippen molar-refractivity contribution in [1.82, 2.24) is 0 Å². The van der Waals surface area contributed by atoms with Gasteiger partial charge in [0.15, 0.2) is 0 Å². The summed E-state index contributed by atoms with van der Waals surface area (Å²) in [6.45, 7) is 7.79. The molecule has 0 aliphatic heterocycles. The van der Waals surface area contributed by atoms with E-state index in [-0.39, 0.29) is 0 Å². The molecular formula is C24H46. The third-order valence-corrected chi connectivity index (χ3v) is 4.91. The summed E-state index contributed by atoms with van der Waals surface area (Å²) in [4.78, 5) is 0. The zero-order valence-corrected chi connectivity index (χ0v) is 16.7. The lowest BCUT2D eigenvalue weighted by Crippen LogP contribution is -1.82. The molecule has 0 rings (SSSR count). The Bertz CT molecular complexity index is 228. The van der Waals surface area contributed by atoms with Gasteiger partial charge in [-0.3, -0.25) is 0 Å². The summed E-state index contributed by atoms with van der Waals surface area (Å²) >= 11 is 0. The summed E-state index contributed by atoms with van der Waals surface area (Å²) in [6, 6.07) is 0. The molecule has 0 unspecified atom stereocenters. The first kappa shape index (κ1) is 23.7. The van der Waals surface area contributed by atoms with Crippen LogP contribution in [-0.2, 0) is 0 Å². The zero-order chi connectivity index (χ0) is 17.6. The van der Waals surface area contributed by atoms with Gasteiger partial charge in [-0.15, -0.1) is 0 Å². The molecule has 0 amide bonds. The number of hydrogen-bond donors (Lipinski definition) is 0. The second kappa shape index (κ2) is 22.7. The lowest BCUT2D eigenvalue weighted by atomic mass is 10.0. The highest BCUT2D eigenvalue weighted by Gasteiger charge is 1.93. The summed E-state index contributed by atoms with van der Waals surface area (Å²) in [5.74, 6) is 0. The average Bonchev–Trinajstić information content (AvgIpc) is 2.60. The van der Waals surface area contributed by atoms with Gasteiger partial charge in [0.1, 0.15) is 0 Å². The second-order valence-electron chi connectivity index (χ2n) is 7.41. The predicted molar refractivity (Wildman–Crippen MR) is 112 cm³/mol. The van der Waals surface area contributed by atoms with E-state index >= 15 is 0 Å². The van der Waals surface area contributed by atoms with E-state index in [0.717, 1.165) is 12.8 Å². The van der Waals surface area contributed by atoms with Gasteiger partial charge in [0.05, 0.1) is 0 Å². The van der Waals surface area contributed by atoms with Gasteiger partial charge in [0.25, 0.3) is 0 Å². The van der Waals surface area contributed by atoms with Gasteiger partial charge in [-0.05, 0) is 25.7 Å². The maximum Gasteiger partial charge on any atom is -0.0351 e. The predicted octanol–water partition coefficient (Wildman–Crippen LogP) is 9.01. The van der Waals surface area contributed by atoms with E-state index in [0.29, 0.717) is 0 Å². The molecule has 0 atom stereocenters. The summed E-state index contributed by atoms with van der Waals surface area (Å²) in [5.41, 5.74) is 0. The van der Waals surface area contributed by atoms with Crippen LogP contribution in [0, 0.1) is 13.8 Å². The molecule has 0 saturated carbocycles. The molecule has 0 heterocycles. The van der Waals surface area contributed by atoms with Crippen molar-refractivity contribution in [2.75, 3.05) is 0 Å². The Hall–Kier alpha value is -0.260. The molecular weight excluding hydrogens is 288 g/mol. The molecule has 0 aromatic rings. The summed E-state index contributed by atoms with van der Waals surface area (Å²) in [7, 11) is 0. The smallest absolute Gasteiger partial charge is 0.0351 e. The third-order valence-electron chi connectivity index (χ3n) is 4.91. The fraction of sp³-hybridized carbons (Fsp3) is 0.833. The van der Waals surface area contributed by atoms with Crippen LogP contribution in [0.4, 0.5) is 0 Å². The second-order valence-corrected chi connectivity index (χ2v) is 7.41. The van der Waals surface area contributed by atoms with Crippen molar-refractivity contribution >= 4 is 0 Å². The molecule has 0 spiro atoms. The van der Waals surface area contributed by atoms with Crippen LogP contribution in [0.1, 0.15) is 128 Å². The van der Waals surface area contributed by atoms with Gasteiger partial charge in [-0.2, -0.15) is 0 Å². The number of hydrogen-bond acceptors (Lipinski definition) is 0. The van der Waals surface area contributed by atoms with Crippen LogP contribution in [0.5, 0.6) is 0 Å². The van der Waals surface area contributed by atoms with Crippen LogP contribution in [0.2, 0.25) is 0 Å². The molecule has 0 saturated heterocycles. The minimum atomic E-state index is 1.11. The Labute approximate surface area is 154 Å². The van der Waals surface area contributed by atoms with Gasteiger partial charge < -0.3 is 0 Å². The monoisotopic (exact) mass is 334 g/mol. The Morgan fingerprint density at radius 2 is 0.583 bits per heavy atom. The molecule has 0 heteroatoms. The van der Waals surface area contributed by atoms with E-state index in [4.69, 9.17) is 0 Å². The molecule has 0 N–H and O–H groups in total. The van der Waals surface area contributed by atoms with Gasteiger partial charge in [0.2, 0.25) is 0 Å². The topological polar surface area (TPSA) is 0 Å². The quantitative estimate of drug-likeness (QED) is 0.154. The van der Waals surface area contributed by atoms with Crippen molar-refractivity contribution in [3.8, 4) is 0 Å². The number of rotatable bonds is 20. The zero-order valence-electron chi connectivity index (χ0n) is 16.7. The van der Waals surface area contributed by atoms with Gasteiger partial charge in [0, 0.05) is 0 Å². The summed E-state index contributed by atoms with van der Waals surface area (Å²) < 4.78 is 0. The van der Waals surface area contributed by atoms with Gasteiger partial charge in [-0.1, -0.05) is 129 Å². The maximum atomic E-state index is 3.90. The highest BCUT2D eigenvalue weighted by Crippen LogP contribution is 2.12. The normalized spacial score (nSPS) is 11.6. The Kier molecular flexibility index (Phi) is 22.5. The van der Waals surface area contributed by atoms with Crippen LogP contribution in [0.15, 0.2) is 12.2 Å². The molecule has 0 aromatic carbocycles. The largest absolute Gasteiger partial charge is 0.0885 e. The average molecular weight is 335 g/mol. The summed E-state index contributed by atoms with van der Waals surface area (Å²) in [6.07, 6.45) is 32.2. The maximum absolute atomic E-state index is 3.90. The fourth-order valence-corrected chi connectivity index (χ4v) is 3.23. The number of allylic oxidation sites excluding steroid dienone is 2. The highest BCUT2D eigenvalue weighted by molar-refractivity contribution is 4.81. The first-order valence-electron chi connectivity index (χ1n) is 11.1. The minimum Gasteiger partial charge on any atom is -0.0885 e. The Morgan fingerprint density at radius 3 is 0.875 bits per heavy atom. The van der Waals surface area contributed by atoms with E-state index in [9.17, 15) is 0 Å². The molecule has 0 aliphatic rings. The first-order valence-corrected chi connectivity index (χ1v) is 11.1. The van der Waals surface area contributed by atoms with Crippen molar-refractivity contribution in [2.45, 2.75) is 128 Å². The Balaban J connectivity index is 3.03. The van der Waals surface area contributed by atoms with Crippen molar-refractivity contribution in [3.63, 3.8) is 0 Å². The SMILES string of the molecule is [CH2]CCCCCCCC/C=C/CCCCCCCCCCCC[CH2]. The van der Waals surface area contributed by atoms with Crippen LogP contribution in [0.25, 0.3) is 0 Å². The molecule has 0 nitrogen and oxygen atoms in total. The first-order chi connectivity index (χ1) is 11.9. The molecule has 0 fully saturated rings. The highest BCUT2D eigenvalue weighted by atomic mass is 14.0. The van der Waals surface area contributed by atoms with E-state index in [1.807, 2.05) is 0 Å². The van der Waals surface area contributed by atoms with Crippen LogP contribution >= 0.6 is 0 Å². The van der Waals surface area contributed by atoms with E-state index in [2.05, 4.69) is 26.0 Å². The molecule has 142 valence electrons. The molecule has 2 radical (unpaired) electrons. The van der Waals surface area contributed by atoms with Crippen molar-refractivity contribution < 1.29 is 0 Å². The molecule has 24 heavy (non-hydrogen) atoms. The van der Waals surface area contributed by atoms with Crippen molar-refractivity contribution in [3.05, 3.63) is 26.0 Å². The minimum absolute atomic E-state index is 1.11. The standard InChI is InChI=1S/C24H46/c1-3-5-7-9-11-13-15-17-19-21-23-24-22-20-18-16-14-12-10-8-6-4-2/h19,21H,1-18,20,22-24H2/b21-19+. The number of unbranched alkanes of at least 4 members (excludes halogenated alkanes) is 18. The van der Waals surface area contributed by atoms with E-state index in [1.54, 1.807) is 0 Å².